The number of nitrogens with one attached hydrogen (secondary N) is 1. The summed E-state index contributed by atoms with van der Waals surface area (Å²) in [6.45, 7) is 4.27. The number of carbonyl (C=O) groups is 2. The van der Waals surface area contributed by atoms with Gasteiger partial charge in [-0.25, -0.2) is 4.21 Å². The summed E-state index contributed by atoms with van der Waals surface area (Å²) in [4.78, 5) is 28.7. The smallest absolute Gasteiger partial charge is 0.259 e. The SMILES string of the molecule is CCN1C(=O)c2ccccc2S(=O)c2ccc(C(=O)NC(C)CCc3ccccc3)cc21. The predicted molar refractivity (Wildman–Crippen MR) is 127 cm³/mol. The summed E-state index contributed by atoms with van der Waals surface area (Å²) >= 11 is 0. The maximum absolute atomic E-state index is 13.2. The third-order valence-electron chi connectivity index (χ3n) is 5.68. The first-order chi connectivity index (χ1) is 15.5. The Morgan fingerprint density at radius 1 is 1.00 bits per heavy atom. The summed E-state index contributed by atoms with van der Waals surface area (Å²) in [6.07, 6.45) is 1.70. The van der Waals surface area contributed by atoms with Gasteiger partial charge >= 0.3 is 0 Å². The fraction of sp³-hybridized carbons (Fsp3) is 0.231. The van der Waals surface area contributed by atoms with Crippen LogP contribution in [0.5, 0.6) is 0 Å². The van der Waals surface area contributed by atoms with E-state index in [0.29, 0.717) is 33.2 Å². The van der Waals surface area contributed by atoms with Crippen molar-refractivity contribution in [3.8, 4) is 0 Å². The maximum Gasteiger partial charge on any atom is 0.259 e. The monoisotopic (exact) mass is 446 g/mol. The average molecular weight is 447 g/mol. The minimum Gasteiger partial charge on any atom is -0.350 e. The molecular formula is C26H26N2O3S. The van der Waals surface area contributed by atoms with Crippen LogP contribution in [0.4, 0.5) is 5.69 Å². The Balaban J connectivity index is 1.56. The third kappa shape index (κ3) is 4.36. The van der Waals surface area contributed by atoms with Gasteiger partial charge in [0.2, 0.25) is 0 Å². The van der Waals surface area contributed by atoms with Crippen LogP contribution in [0.2, 0.25) is 0 Å². The van der Waals surface area contributed by atoms with Crippen molar-refractivity contribution >= 4 is 28.3 Å². The van der Waals surface area contributed by atoms with Crippen LogP contribution in [0, 0.1) is 0 Å². The van der Waals surface area contributed by atoms with Crippen molar-refractivity contribution in [1.82, 2.24) is 5.32 Å². The van der Waals surface area contributed by atoms with E-state index < -0.39 is 10.8 Å². The van der Waals surface area contributed by atoms with E-state index in [2.05, 4.69) is 17.4 Å². The molecule has 2 unspecified atom stereocenters. The Morgan fingerprint density at radius 2 is 1.72 bits per heavy atom. The van der Waals surface area contributed by atoms with Crippen molar-refractivity contribution in [2.24, 2.45) is 0 Å². The van der Waals surface area contributed by atoms with Gasteiger partial charge in [0.25, 0.3) is 11.8 Å². The molecule has 0 spiro atoms. The van der Waals surface area contributed by atoms with E-state index in [1.54, 1.807) is 47.4 Å². The molecule has 164 valence electrons. The predicted octanol–water partition coefficient (Wildman–Crippen LogP) is 4.58. The molecular weight excluding hydrogens is 420 g/mol. The van der Waals surface area contributed by atoms with Gasteiger partial charge in [0, 0.05) is 18.2 Å². The van der Waals surface area contributed by atoms with E-state index in [9.17, 15) is 13.8 Å². The summed E-state index contributed by atoms with van der Waals surface area (Å²) in [7, 11) is -1.50. The number of hydrogen-bond acceptors (Lipinski definition) is 3. The zero-order chi connectivity index (χ0) is 22.7. The molecule has 1 aliphatic rings. The highest BCUT2D eigenvalue weighted by atomic mass is 32.2. The standard InChI is InChI=1S/C26H26N2O3S/c1-3-28-22-17-20(25(29)27-18(2)13-14-19-9-5-4-6-10-19)15-16-24(22)32(31)23-12-8-7-11-21(23)26(28)30/h4-12,15-18H,3,13-14H2,1-2H3,(H,27,29). The molecule has 0 saturated carbocycles. The average Bonchev–Trinajstić information content (AvgIpc) is 2.91. The van der Waals surface area contributed by atoms with E-state index in [1.807, 2.05) is 32.0 Å². The second-order valence-electron chi connectivity index (χ2n) is 7.90. The molecule has 0 saturated heterocycles. The summed E-state index contributed by atoms with van der Waals surface area (Å²) < 4.78 is 13.2. The normalized spacial score (nSPS) is 16.0. The van der Waals surface area contributed by atoms with Crippen molar-refractivity contribution in [3.05, 3.63) is 89.5 Å². The van der Waals surface area contributed by atoms with E-state index in [0.717, 1.165) is 12.8 Å². The highest BCUT2D eigenvalue weighted by molar-refractivity contribution is 7.85. The summed E-state index contributed by atoms with van der Waals surface area (Å²) in [5, 5.41) is 3.04. The highest BCUT2D eigenvalue weighted by Crippen LogP contribution is 2.35. The van der Waals surface area contributed by atoms with Crippen LogP contribution in [-0.2, 0) is 17.2 Å². The van der Waals surface area contributed by atoms with Gasteiger partial charge < -0.3 is 10.2 Å². The topological polar surface area (TPSA) is 66.5 Å². The van der Waals surface area contributed by atoms with E-state index in [1.165, 1.54) is 5.56 Å². The lowest BCUT2D eigenvalue weighted by molar-refractivity contribution is 0.0936. The molecule has 0 aliphatic carbocycles. The zero-order valence-electron chi connectivity index (χ0n) is 18.2. The number of nitrogens with zero attached hydrogens (tertiary/aromatic N) is 1. The van der Waals surface area contributed by atoms with Gasteiger partial charge in [-0.15, -0.1) is 0 Å². The van der Waals surface area contributed by atoms with E-state index in [-0.39, 0.29) is 17.9 Å². The first-order valence-corrected chi connectivity index (χ1v) is 12.0. The van der Waals surface area contributed by atoms with Gasteiger partial charge in [-0.3, -0.25) is 9.59 Å². The number of anilines is 1. The first kappa shape index (κ1) is 22.0. The number of carbonyl (C=O) groups excluding carboxylic acids is 2. The largest absolute Gasteiger partial charge is 0.350 e. The van der Waals surface area contributed by atoms with Crippen LogP contribution in [0.1, 0.15) is 46.5 Å². The molecule has 1 aliphatic heterocycles. The van der Waals surface area contributed by atoms with Crippen LogP contribution in [-0.4, -0.2) is 28.6 Å². The lowest BCUT2D eigenvalue weighted by Crippen LogP contribution is -2.34. The van der Waals surface area contributed by atoms with Crippen LogP contribution in [0.25, 0.3) is 0 Å². The van der Waals surface area contributed by atoms with Crippen LogP contribution >= 0.6 is 0 Å². The van der Waals surface area contributed by atoms with Gasteiger partial charge in [-0.1, -0.05) is 42.5 Å². The number of hydrogen-bond donors (Lipinski definition) is 1. The number of benzene rings is 3. The molecule has 1 heterocycles. The number of aryl methyl sites for hydroxylation is 1. The Kier molecular flexibility index (Phi) is 6.51. The summed E-state index contributed by atoms with van der Waals surface area (Å²) in [5.74, 6) is -0.409. The molecule has 5 nitrogen and oxygen atoms in total. The summed E-state index contributed by atoms with van der Waals surface area (Å²) in [5.41, 5.74) is 2.64. The summed E-state index contributed by atoms with van der Waals surface area (Å²) in [6, 6.07) is 22.2. The molecule has 32 heavy (non-hydrogen) atoms. The molecule has 4 rings (SSSR count). The maximum atomic E-state index is 13.2. The van der Waals surface area contributed by atoms with Gasteiger partial charge in [0.1, 0.15) is 0 Å². The second kappa shape index (κ2) is 9.49. The quantitative estimate of drug-likeness (QED) is 0.603. The Morgan fingerprint density at radius 3 is 2.47 bits per heavy atom. The number of amides is 2. The molecule has 6 heteroatoms. The minimum atomic E-state index is -1.50. The minimum absolute atomic E-state index is 0.0104. The zero-order valence-corrected chi connectivity index (χ0v) is 19.0. The van der Waals surface area contributed by atoms with Crippen molar-refractivity contribution in [2.45, 2.75) is 42.5 Å². The molecule has 0 bridgehead atoms. The molecule has 1 N–H and O–H groups in total. The third-order valence-corrected chi connectivity index (χ3v) is 7.18. The lowest BCUT2D eigenvalue weighted by Gasteiger charge is -2.22. The van der Waals surface area contributed by atoms with Crippen molar-refractivity contribution in [2.75, 3.05) is 11.4 Å². The second-order valence-corrected chi connectivity index (χ2v) is 9.31. The fourth-order valence-corrected chi connectivity index (χ4v) is 5.27. The first-order valence-electron chi connectivity index (χ1n) is 10.8. The van der Waals surface area contributed by atoms with Crippen LogP contribution in [0.3, 0.4) is 0 Å². The van der Waals surface area contributed by atoms with Crippen LogP contribution < -0.4 is 10.2 Å². The van der Waals surface area contributed by atoms with Gasteiger partial charge in [-0.2, -0.15) is 0 Å². The van der Waals surface area contributed by atoms with Gasteiger partial charge in [0.05, 0.1) is 31.8 Å². The van der Waals surface area contributed by atoms with E-state index >= 15 is 0 Å². The molecule has 0 fully saturated rings. The van der Waals surface area contributed by atoms with Gasteiger partial charge in [-0.05, 0) is 62.6 Å². The van der Waals surface area contributed by atoms with Crippen molar-refractivity contribution in [3.63, 3.8) is 0 Å². The highest BCUT2D eigenvalue weighted by Gasteiger charge is 2.30. The molecule has 3 aromatic carbocycles. The van der Waals surface area contributed by atoms with Crippen LogP contribution in [0.15, 0.2) is 82.6 Å². The molecule has 0 aromatic heterocycles. The van der Waals surface area contributed by atoms with Crippen molar-refractivity contribution in [1.29, 1.82) is 0 Å². The van der Waals surface area contributed by atoms with Crippen molar-refractivity contribution < 1.29 is 13.8 Å². The Bertz CT molecular complexity index is 1180. The number of fused-ring (bicyclic) bond motifs is 2. The Labute approximate surface area is 190 Å². The lowest BCUT2D eigenvalue weighted by atomic mass is 10.1. The Hall–Kier alpha value is -3.25. The molecule has 0 radical (unpaired) electrons. The van der Waals surface area contributed by atoms with Gasteiger partial charge in [0.15, 0.2) is 0 Å². The molecule has 3 aromatic rings. The van der Waals surface area contributed by atoms with E-state index in [4.69, 9.17) is 0 Å². The molecule has 2 atom stereocenters. The molecule has 2 amide bonds. The number of rotatable bonds is 6. The fourth-order valence-electron chi connectivity index (χ4n) is 3.93.